The van der Waals surface area contributed by atoms with E-state index in [-0.39, 0.29) is 23.7 Å². The molecule has 6 heteroatoms. The van der Waals surface area contributed by atoms with Crippen molar-refractivity contribution in [2.75, 3.05) is 39.3 Å². The Labute approximate surface area is 143 Å². The highest BCUT2D eigenvalue weighted by Gasteiger charge is 2.50. The van der Waals surface area contributed by atoms with Crippen molar-refractivity contribution in [2.45, 2.75) is 18.3 Å². The molecule has 1 aliphatic carbocycles. The van der Waals surface area contributed by atoms with Gasteiger partial charge < -0.3 is 10.6 Å². The van der Waals surface area contributed by atoms with Crippen LogP contribution in [0.5, 0.6) is 0 Å². The lowest BCUT2D eigenvalue weighted by Crippen LogP contribution is -2.47. The average Bonchev–Trinajstić information content (AvgIpc) is 3.31. The van der Waals surface area contributed by atoms with E-state index in [0.717, 1.165) is 57.7 Å². The minimum atomic E-state index is -0.298. The predicted octanol–water partition coefficient (Wildman–Crippen LogP) is 1.81. The normalized spacial score (nSPS) is 20.0. The lowest BCUT2D eigenvalue weighted by molar-refractivity contribution is -0.123. The lowest BCUT2D eigenvalue weighted by Gasteiger charge is -2.27. The van der Waals surface area contributed by atoms with Gasteiger partial charge in [-0.1, -0.05) is 23.7 Å². The molecule has 1 saturated carbocycles. The minimum Gasteiger partial charge on any atom is -0.354 e. The summed E-state index contributed by atoms with van der Waals surface area (Å²) < 4.78 is 0. The van der Waals surface area contributed by atoms with Gasteiger partial charge in [-0.05, 0) is 30.5 Å². The quantitative estimate of drug-likeness (QED) is 0.856. The van der Waals surface area contributed by atoms with E-state index in [4.69, 9.17) is 11.6 Å². The molecule has 2 aliphatic rings. The first kappa shape index (κ1) is 17.5. The van der Waals surface area contributed by atoms with Crippen molar-refractivity contribution in [2.24, 2.45) is 0 Å². The maximum absolute atomic E-state index is 12.5. The zero-order valence-corrected chi connectivity index (χ0v) is 14.2. The van der Waals surface area contributed by atoms with Gasteiger partial charge in [-0.3, -0.25) is 9.69 Å². The Morgan fingerprint density at radius 3 is 2.45 bits per heavy atom. The van der Waals surface area contributed by atoms with Crippen LogP contribution in [0.1, 0.15) is 18.4 Å². The van der Waals surface area contributed by atoms with Gasteiger partial charge in [-0.2, -0.15) is 0 Å². The van der Waals surface area contributed by atoms with Crippen molar-refractivity contribution >= 4 is 29.9 Å². The fraction of sp³-hybridized carbons (Fsp3) is 0.562. The Morgan fingerprint density at radius 2 is 1.86 bits per heavy atom. The first-order valence-corrected chi connectivity index (χ1v) is 8.06. The molecule has 4 nitrogen and oxygen atoms in total. The maximum Gasteiger partial charge on any atom is 0.230 e. The van der Waals surface area contributed by atoms with Crippen LogP contribution < -0.4 is 10.6 Å². The van der Waals surface area contributed by atoms with Crippen molar-refractivity contribution in [1.29, 1.82) is 0 Å². The molecular formula is C16H23Cl2N3O. The van der Waals surface area contributed by atoms with Crippen molar-refractivity contribution in [3.05, 3.63) is 34.9 Å². The summed E-state index contributed by atoms with van der Waals surface area (Å²) in [6.07, 6.45) is 1.88. The summed E-state index contributed by atoms with van der Waals surface area (Å²) in [5.74, 6) is 0.167. The Kier molecular flexibility index (Phi) is 6.09. The number of nitrogens with one attached hydrogen (secondary N) is 2. The van der Waals surface area contributed by atoms with Crippen molar-refractivity contribution in [3.8, 4) is 0 Å². The molecule has 1 aliphatic heterocycles. The minimum absolute atomic E-state index is 0. The number of halogens is 2. The molecule has 0 spiro atoms. The topological polar surface area (TPSA) is 44.4 Å². The first-order valence-electron chi connectivity index (χ1n) is 7.68. The van der Waals surface area contributed by atoms with Gasteiger partial charge in [-0.25, -0.2) is 0 Å². The van der Waals surface area contributed by atoms with Crippen LogP contribution in [0.25, 0.3) is 0 Å². The Balaban J connectivity index is 0.00000176. The molecule has 0 aromatic heterocycles. The van der Waals surface area contributed by atoms with Crippen LogP contribution in [0.4, 0.5) is 0 Å². The van der Waals surface area contributed by atoms with Crippen LogP contribution in [-0.2, 0) is 10.2 Å². The van der Waals surface area contributed by atoms with Crippen LogP contribution in [0.3, 0.4) is 0 Å². The summed E-state index contributed by atoms with van der Waals surface area (Å²) in [6, 6.07) is 7.69. The van der Waals surface area contributed by atoms with Gasteiger partial charge in [0.25, 0.3) is 0 Å². The number of carbonyl (C=O) groups is 1. The molecular weight excluding hydrogens is 321 g/mol. The second-order valence-electron chi connectivity index (χ2n) is 5.94. The van der Waals surface area contributed by atoms with Crippen LogP contribution in [0.15, 0.2) is 24.3 Å². The highest BCUT2D eigenvalue weighted by molar-refractivity contribution is 6.30. The summed E-state index contributed by atoms with van der Waals surface area (Å²) >= 11 is 5.92. The summed E-state index contributed by atoms with van der Waals surface area (Å²) in [5, 5.41) is 7.16. The van der Waals surface area contributed by atoms with Crippen LogP contribution >= 0.6 is 24.0 Å². The van der Waals surface area contributed by atoms with E-state index >= 15 is 0 Å². The molecule has 2 fully saturated rings. The van der Waals surface area contributed by atoms with Gasteiger partial charge in [0.2, 0.25) is 5.91 Å². The van der Waals surface area contributed by atoms with E-state index < -0.39 is 0 Å². The molecule has 22 heavy (non-hydrogen) atoms. The molecule has 1 aromatic carbocycles. The summed E-state index contributed by atoms with van der Waals surface area (Å²) in [6.45, 7) is 5.89. The largest absolute Gasteiger partial charge is 0.354 e. The first-order chi connectivity index (χ1) is 10.2. The van der Waals surface area contributed by atoms with E-state index in [1.54, 1.807) is 0 Å². The Morgan fingerprint density at radius 1 is 1.23 bits per heavy atom. The zero-order valence-electron chi connectivity index (χ0n) is 12.6. The molecule has 122 valence electrons. The third-order valence-electron chi connectivity index (χ3n) is 4.50. The smallest absolute Gasteiger partial charge is 0.230 e. The molecule has 1 amide bonds. The summed E-state index contributed by atoms with van der Waals surface area (Å²) in [5.41, 5.74) is 0.792. The summed E-state index contributed by atoms with van der Waals surface area (Å²) in [4.78, 5) is 14.9. The van der Waals surface area contributed by atoms with Gasteiger partial charge in [0.15, 0.2) is 0 Å². The average molecular weight is 344 g/mol. The standard InChI is InChI=1S/C16H22ClN3O.ClH/c17-14-3-1-13(2-4-14)16(5-6-16)15(21)19-9-12-20-10-7-18-8-11-20;/h1-4,18H,5-12H2,(H,19,21);1H. The highest BCUT2D eigenvalue weighted by Crippen LogP contribution is 2.48. The van der Waals surface area contributed by atoms with E-state index in [2.05, 4.69) is 15.5 Å². The third-order valence-corrected chi connectivity index (χ3v) is 4.76. The van der Waals surface area contributed by atoms with Gasteiger partial charge in [0.05, 0.1) is 5.41 Å². The number of carbonyl (C=O) groups excluding carboxylic acids is 1. The summed E-state index contributed by atoms with van der Waals surface area (Å²) in [7, 11) is 0. The molecule has 0 radical (unpaired) electrons. The molecule has 1 aromatic rings. The highest BCUT2D eigenvalue weighted by atomic mass is 35.5. The van der Waals surface area contributed by atoms with Crippen LogP contribution in [-0.4, -0.2) is 50.1 Å². The Bertz CT molecular complexity index is 497. The molecule has 1 heterocycles. The molecule has 0 unspecified atom stereocenters. The fourth-order valence-electron chi connectivity index (χ4n) is 2.97. The third kappa shape index (κ3) is 3.93. The van der Waals surface area contributed by atoms with E-state index in [1.165, 1.54) is 0 Å². The lowest BCUT2D eigenvalue weighted by atomic mass is 9.95. The van der Waals surface area contributed by atoms with E-state index in [1.807, 2.05) is 24.3 Å². The number of piperazine rings is 1. The molecule has 2 N–H and O–H groups in total. The maximum atomic E-state index is 12.5. The van der Waals surface area contributed by atoms with Crippen molar-refractivity contribution < 1.29 is 4.79 Å². The van der Waals surface area contributed by atoms with E-state index in [9.17, 15) is 4.79 Å². The number of hydrogen-bond donors (Lipinski definition) is 2. The predicted molar refractivity (Wildman–Crippen MR) is 91.9 cm³/mol. The molecule has 3 rings (SSSR count). The second-order valence-corrected chi connectivity index (χ2v) is 6.37. The van der Waals surface area contributed by atoms with Crippen molar-refractivity contribution in [3.63, 3.8) is 0 Å². The SMILES string of the molecule is Cl.O=C(NCCN1CCNCC1)C1(c2ccc(Cl)cc2)CC1. The van der Waals surface area contributed by atoms with Gasteiger partial charge in [0.1, 0.15) is 0 Å². The number of nitrogens with zero attached hydrogens (tertiary/aromatic N) is 1. The van der Waals surface area contributed by atoms with Crippen LogP contribution in [0.2, 0.25) is 5.02 Å². The number of rotatable bonds is 5. The zero-order chi connectivity index (χ0) is 14.7. The fourth-order valence-corrected chi connectivity index (χ4v) is 3.10. The number of benzene rings is 1. The van der Waals surface area contributed by atoms with Crippen molar-refractivity contribution in [1.82, 2.24) is 15.5 Å². The number of hydrogen-bond acceptors (Lipinski definition) is 3. The van der Waals surface area contributed by atoms with E-state index in [0.29, 0.717) is 5.02 Å². The van der Waals surface area contributed by atoms with Gasteiger partial charge in [0, 0.05) is 44.3 Å². The van der Waals surface area contributed by atoms with Gasteiger partial charge >= 0.3 is 0 Å². The number of amides is 1. The van der Waals surface area contributed by atoms with Crippen LogP contribution in [0, 0.1) is 0 Å². The molecule has 1 saturated heterocycles. The van der Waals surface area contributed by atoms with Gasteiger partial charge in [-0.15, -0.1) is 12.4 Å². The molecule has 0 atom stereocenters. The second kappa shape index (κ2) is 7.64. The molecule has 0 bridgehead atoms. The Hall–Kier alpha value is -0.810. The monoisotopic (exact) mass is 343 g/mol.